The summed E-state index contributed by atoms with van der Waals surface area (Å²) in [5.74, 6) is 0. The highest BCUT2D eigenvalue weighted by Crippen LogP contribution is 1.99. The van der Waals surface area contributed by atoms with Crippen LogP contribution in [0.3, 0.4) is 0 Å². The fourth-order valence-electron chi connectivity index (χ4n) is 1.60. The summed E-state index contributed by atoms with van der Waals surface area (Å²) < 4.78 is 7.03. The lowest BCUT2D eigenvalue weighted by atomic mass is 9.60. The second-order valence-electron chi connectivity index (χ2n) is 3.47. The Bertz CT molecular complexity index is 404. The number of rotatable bonds is 5. The molecule has 1 heterocycles. The van der Waals surface area contributed by atoms with Gasteiger partial charge in [0.2, 0.25) is 0 Å². The number of thiophene rings is 1. The molecule has 2 aromatic rings. The van der Waals surface area contributed by atoms with Crippen molar-refractivity contribution in [3.8, 4) is 0 Å². The molecule has 0 aliphatic heterocycles. The Hall–Kier alpha value is -1.10. The molecule has 0 unspecified atom stereocenters. The van der Waals surface area contributed by atoms with Crippen LogP contribution in [0, 0.1) is 0 Å². The monoisotopic (exact) mass is 231 g/mol. The van der Waals surface area contributed by atoms with Crippen molar-refractivity contribution in [1.82, 2.24) is 0 Å². The van der Waals surface area contributed by atoms with Gasteiger partial charge in [-0.15, -0.1) is 0 Å². The minimum absolute atomic E-state index is 0.0183. The highest BCUT2D eigenvalue weighted by Gasteiger charge is 2.21. The summed E-state index contributed by atoms with van der Waals surface area (Å²) in [7, 11) is 0. The molecule has 16 heavy (non-hydrogen) atoms. The van der Waals surface area contributed by atoms with Gasteiger partial charge in [-0.25, -0.2) is 0 Å². The van der Waals surface area contributed by atoms with Crippen molar-refractivity contribution in [2.75, 3.05) is 13.2 Å². The van der Waals surface area contributed by atoms with E-state index in [2.05, 4.69) is 23.6 Å². The molecule has 4 heteroatoms. The summed E-state index contributed by atoms with van der Waals surface area (Å²) >= 11 is 1.71. The van der Waals surface area contributed by atoms with E-state index in [1.165, 1.54) is 10.2 Å². The van der Waals surface area contributed by atoms with Gasteiger partial charge in [-0.2, -0.15) is 11.3 Å². The Morgan fingerprint density at radius 1 is 1.12 bits per heavy atom. The zero-order valence-corrected chi connectivity index (χ0v) is 9.82. The maximum atomic E-state index is 5.81. The standard InChI is InChI=1S/C12H14BNOS/c14-8-9-15-13(12-7-4-10-16-12)11-5-2-1-3-6-11/h1-7,10H,8-9,14H2. The van der Waals surface area contributed by atoms with Gasteiger partial charge in [0.15, 0.2) is 0 Å². The highest BCUT2D eigenvalue weighted by atomic mass is 32.1. The van der Waals surface area contributed by atoms with Crippen LogP contribution in [0.2, 0.25) is 0 Å². The summed E-state index contributed by atoms with van der Waals surface area (Å²) in [5.41, 5.74) is 6.67. The number of hydrogen-bond acceptors (Lipinski definition) is 3. The second-order valence-corrected chi connectivity index (χ2v) is 4.44. The molecule has 0 spiro atoms. The maximum Gasteiger partial charge on any atom is 0.372 e. The fourth-order valence-corrected chi connectivity index (χ4v) is 2.40. The Kier molecular flexibility index (Phi) is 4.16. The Morgan fingerprint density at radius 2 is 1.94 bits per heavy atom. The predicted octanol–water partition coefficient (Wildman–Crippen LogP) is 0.829. The molecule has 82 valence electrons. The predicted molar refractivity (Wildman–Crippen MR) is 70.8 cm³/mol. The van der Waals surface area contributed by atoms with Crippen LogP contribution in [0.25, 0.3) is 0 Å². The summed E-state index contributed by atoms with van der Waals surface area (Å²) in [6, 6.07) is 14.4. The molecule has 2 nitrogen and oxygen atoms in total. The van der Waals surface area contributed by atoms with Crippen molar-refractivity contribution in [3.63, 3.8) is 0 Å². The van der Waals surface area contributed by atoms with Crippen molar-refractivity contribution in [2.24, 2.45) is 5.73 Å². The molecule has 0 aliphatic carbocycles. The molecular formula is C12H14BNOS. The number of hydrogen-bond donors (Lipinski definition) is 1. The van der Waals surface area contributed by atoms with Crippen LogP contribution in [0.4, 0.5) is 0 Å². The zero-order chi connectivity index (χ0) is 11.2. The van der Waals surface area contributed by atoms with Gasteiger partial charge in [-0.3, -0.25) is 0 Å². The fraction of sp³-hybridized carbons (Fsp3) is 0.167. The smallest absolute Gasteiger partial charge is 0.372 e. The lowest BCUT2D eigenvalue weighted by Gasteiger charge is -2.12. The van der Waals surface area contributed by atoms with E-state index in [0.29, 0.717) is 13.2 Å². The van der Waals surface area contributed by atoms with Crippen LogP contribution in [0.1, 0.15) is 0 Å². The molecule has 0 aliphatic rings. The Morgan fingerprint density at radius 3 is 2.56 bits per heavy atom. The topological polar surface area (TPSA) is 35.2 Å². The molecule has 0 saturated carbocycles. The van der Waals surface area contributed by atoms with Gasteiger partial charge in [0.1, 0.15) is 0 Å². The highest BCUT2D eigenvalue weighted by molar-refractivity contribution is 7.22. The first kappa shape index (κ1) is 11.4. The van der Waals surface area contributed by atoms with Crippen LogP contribution >= 0.6 is 11.3 Å². The van der Waals surface area contributed by atoms with Crippen molar-refractivity contribution in [3.05, 3.63) is 47.8 Å². The van der Waals surface area contributed by atoms with E-state index in [1.54, 1.807) is 11.3 Å². The average molecular weight is 231 g/mol. The third-order valence-electron chi connectivity index (χ3n) is 2.31. The van der Waals surface area contributed by atoms with E-state index in [9.17, 15) is 0 Å². The Labute approximate surface area is 100 Å². The average Bonchev–Trinajstić information content (AvgIpc) is 2.85. The zero-order valence-electron chi connectivity index (χ0n) is 9.00. The minimum atomic E-state index is 0.0183. The molecule has 1 aromatic heterocycles. The first-order chi connectivity index (χ1) is 7.92. The first-order valence-corrected chi connectivity index (χ1v) is 6.20. The van der Waals surface area contributed by atoms with Crippen LogP contribution < -0.4 is 16.0 Å². The molecule has 1 aromatic carbocycles. The Balaban J connectivity index is 2.21. The first-order valence-electron chi connectivity index (χ1n) is 5.32. The van der Waals surface area contributed by atoms with E-state index in [4.69, 9.17) is 10.4 Å². The van der Waals surface area contributed by atoms with Crippen molar-refractivity contribution < 1.29 is 4.65 Å². The summed E-state index contributed by atoms with van der Waals surface area (Å²) in [4.78, 5) is 0. The van der Waals surface area contributed by atoms with E-state index in [1.807, 2.05) is 24.3 Å². The van der Waals surface area contributed by atoms with Gasteiger partial charge < -0.3 is 10.4 Å². The lowest BCUT2D eigenvalue weighted by molar-refractivity contribution is 0.345. The van der Waals surface area contributed by atoms with Crippen LogP contribution in [0.5, 0.6) is 0 Å². The summed E-state index contributed by atoms with van der Waals surface area (Å²) in [6.07, 6.45) is 0. The van der Waals surface area contributed by atoms with Crippen LogP contribution in [-0.4, -0.2) is 20.1 Å². The van der Waals surface area contributed by atoms with Gasteiger partial charge in [-0.05, 0) is 10.8 Å². The van der Waals surface area contributed by atoms with E-state index >= 15 is 0 Å². The SMILES string of the molecule is NCCOB(c1ccccc1)c1cccs1. The molecule has 0 bridgehead atoms. The molecule has 2 N–H and O–H groups in total. The molecule has 0 amide bonds. The number of nitrogens with two attached hydrogens (primary N) is 1. The molecule has 2 rings (SSSR count). The van der Waals surface area contributed by atoms with Crippen LogP contribution in [0.15, 0.2) is 47.8 Å². The quantitative estimate of drug-likeness (QED) is 0.773. The lowest BCUT2D eigenvalue weighted by Crippen LogP contribution is -2.44. The summed E-state index contributed by atoms with van der Waals surface area (Å²) in [6.45, 7) is 1.15. The second kappa shape index (κ2) is 5.84. The molecule has 0 saturated heterocycles. The minimum Gasteiger partial charge on any atom is -0.425 e. The van der Waals surface area contributed by atoms with Gasteiger partial charge in [0, 0.05) is 17.9 Å². The van der Waals surface area contributed by atoms with Crippen molar-refractivity contribution in [1.29, 1.82) is 0 Å². The van der Waals surface area contributed by atoms with Gasteiger partial charge >= 0.3 is 6.92 Å². The summed E-state index contributed by atoms with van der Waals surface area (Å²) in [5, 5.41) is 2.07. The van der Waals surface area contributed by atoms with E-state index < -0.39 is 0 Å². The third-order valence-corrected chi connectivity index (χ3v) is 3.22. The molecule has 0 atom stereocenters. The maximum absolute atomic E-state index is 5.81. The molecule has 0 radical (unpaired) electrons. The van der Waals surface area contributed by atoms with E-state index in [-0.39, 0.29) is 6.92 Å². The van der Waals surface area contributed by atoms with E-state index in [0.717, 1.165) is 0 Å². The molecule has 0 fully saturated rings. The largest absolute Gasteiger partial charge is 0.425 e. The number of benzene rings is 1. The third kappa shape index (κ3) is 2.73. The normalized spacial score (nSPS) is 10.3. The van der Waals surface area contributed by atoms with Crippen LogP contribution in [-0.2, 0) is 4.65 Å². The van der Waals surface area contributed by atoms with Gasteiger partial charge in [0.05, 0.1) is 0 Å². The van der Waals surface area contributed by atoms with Crippen molar-refractivity contribution >= 4 is 28.5 Å². The molecular weight excluding hydrogens is 217 g/mol. The van der Waals surface area contributed by atoms with Gasteiger partial charge in [-0.1, -0.05) is 42.5 Å². The van der Waals surface area contributed by atoms with Gasteiger partial charge in [0.25, 0.3) is 0 Å². The van der Waals surface area contributed by atoms with Crippen molar-refractivity contribution in [2.45, 2.75) is 0 Å².